The van der Waals surface area contributed by atoms with Crippen LogP contribution in [0.4, 0.5) is 0 Å². The topological polar surface area (TPSA) is 68.2 Å². The molecule has 1 saturated heterocycles. The molecule has 184 valence electrons. The molecule has 1 amide bonds. The van der Waals surface area contributed by atoms with Gasteiger partial charge in [0.25, 0.3) is 0 Å². The van der Waals surface area contributed by atoms with E-state index in [9.17, 15) is 9.90 Å². The molecule has 1 fully saturated rings. The monoisotopic (exact) mass is 459 g/mol. The second-order valence-electron chi connectivity index (χ2n) is 10.3. The van der Waals surface area contributed by atoms with E-state index in [1.807, 2.05) is 0 Å². The first kappa shape index (κ1) is 25.7. The number of aliphatic hydroxyl groups is 1. The van der Waals surface area contributed by atoms with Crippen molar-refractivity contribution in [1.82, 2.24) is 4.90 Å². The van der Waals surface area contributed by atoms with E-state index in [1.165, 1.54) is 22.3 Å². The first-order chi connectivity index (χ1) is 15.5. The lowest BCUT2D eigenvalue weighted by Crippen LogP contribution is -2.49. The lowest BCUT2D eigenvalue weighted by molar-refractivity contribution is -0.131. The summed E-state index contributed by atoms with van der Waals surface area (Å²) >= 11 is 0. The minimum atomic E-state index is -0.841. The Kier molecular flexibility index (Phi) is 8.25. The zero-order valence-electron chi connectivity index (χ0n) is 21.4. The quantitative estimate of drug-likeness (QED) is 0.527. The number of hydrogen-bond acceptors (Lipinski definition) is 5. The number of carbonyl (C=O) groups is 1. The van der Waals surface area contributed by atoms with Crippen molar-refractivity contribution in [3.8, 4) is 0 Å². The maximum atomic E-state index is 12.8. The van der Waals surface area contributed by atoms with Crippen molar-refractivity contribution in [1.29, 1.82) is 0 Å². The van der Waals surface area contributed by atoms with Gasteiger partial charge in [-0.1, -0.05) is 53.7 Å². The Morgan fingerprint density at radius 3 is 2.15 bits per heavy atom. The molecule has 1 N–H and O–H groups in total. The van der Waals surface area contributed by atoms with E-state index in [0.29, 0.717) is 30.1 Å². The van der Waals surface area contributed by atoms with Crippen LogP contribution in [-0.4, -0.2) is 54.6 Å². The van der Waals surface area contributed by atoms with Gasteiger partial charge in [0.05, 0.1) is 37.3 Å². The molecule has 4 atom stereocenters. The van der Waals surface area contributed by atoms with Crippen LogP contribution in [0.3, 0.4) is 0 Å². The van der Waals surface area contributed by atoms with Gasteiger partial charge in [-0.2, -0.15) is 0 Å². The highest BCUT2D eigenvalue weighted by atomic mass is 16.7. The van der Waals surface area contributed by atoms with Crippen molar-refractivity contribution < 1.29 is 24.1 Å². The van der Waals surface area contributed by atoms with E-state index in [2.05, 4.69) is 60.6 Å². The number of hydrogen-bond donors (Lipinski definition) is 1. The van der Waals surface area contributed by atoms with Crippen molar-refractivity contribution in [2.24, 2.45) is 0 Å². The molecule has 3 rings (SSSR count). The van der Waals surface area contributed by atoms with Gasteiger partial charge in [0, 0.05) is 7.11 Å². The molecule has 1 aromatic rings. The molecule has 0 bridgehead atoms. The fraction of sp³-hybridized carbons (Fsp3) is 0.667. The predicted octanol–water partition coefficient (Wildman–Crippen LogP) is 4.98. The number of nitrogens with zero attached hydrogens (tertiary/aromatic N) is 1. The summed E-state index contributed by atoms with van der Waals surface area (Å²) in [7, 11) is 1.54. The predicted molar refractivity (Wildman–Crippen MR) is 129 cm³/mol. The summed E-state index contributed by atoms with van der Waals surface area (Å²) < 4.78 is 17.0. The average Bonchev–Trinajstić information content (AvgIpc) is 3.06. The van der Waals surface area contributed by atoms with Gasteiger partial charge in [0.15, 0.2) is 6.79 Å². The van der Waals surface area contributed by atoms with Crippen molar-refractivity contribution >= 4 is 5.91 Å². The van der Waals surface area contributed by atoms with Gasteiger partial charge in [-0.3, -0.25) is 4.79 Å². The fourth-order valence-corrected chi connectivity index (χ4v) is 5.05. The van der Waals surface area contributed by atoms with Crippen LogP contribution in [0.25, 0.3) is 0 Å². The molecule has 2 aliphatic rings. The Labute approximate surface area is 198 Å². The van der Waals surface area contributed by atoms with Crippen LogP contribution in [0.5, 0.6) is 0 Å². The van der Waals surface area contributed by atoms with Crippen LogP contribution < -0.4 is 0 Å². The van der Waals surface area contributed by atoms with E-state index in [0.717, 1.165) is 0 Å². The number of benzene rings is 1. The molecule has 2 aliphatic heterocycles. The molecular weight excluding hydrogens is 418 g/mol. The number of amides is 1. The number of methoxy groups -OCH3 is 1. The van der Waals surface area contributed by atoms with Crippen LogP contribution in [0, 0.1) is 0 Å². The molecule has 1 aromatic carbocycles. The first-order valence-corrected chi connectivity index (χ1v) is 12.2. The normalized spacial score (nSPS) is 24.0. The summed E-state index contributed by atoms with van der Waals surface area (Å²) in [6, 6.07) is 4.23. The van der Waals surface area contributed by atoms with Gasteiger partial charge in [-0.25, -0.2) is 0 Å². The van der Waals surface area contributed by atoms with Gasteiger partial charge in [0.1, 0.15) is 5.76 Å². The summed E-state index contributed by atoms with van der Waals surface area (Å²) in [6.07, 6.45) is 0.520. The molecule has 0 aromatic heterocycles. The van der Waals surface area contributed by atoms with Gasteiger partial charge in [0.2, 0.25) is 5.91 Å². The molecule has 2 heterocycles. The second kappa shape index (κ2) is 10.6. The van der Waals surface area contributed by atoms with E-state index in [-0.39, 0.29) is 31.3 Å². The Morgan fingerprint density at radius 2 is 1.64 bits per heavy atom. The Morgan fingerprint density at radius 1 is 1.03 bits per heavy atom. The summed E-state index contributed by atoms with van der Waals surface area (Å²) in [5, 5.41) is 10.8. The van der Waals surface area contributed by atoms with E-state index in [4.69, 9.17) is 14.2 Å². The van der Waals surface area contributed by atoms with Gasteiger partial charge in [-0.15, -0.1) is 0 Å². The van der Waals surface area contributed by atoms with Crippen molar-refractivity contribution in [2.75, 3.05) is 20.4 Å². The highest BCUT2D eigenvalue weighted by Gasteiger charge is 2.47. The minimum Gasteiger partial charge on any atom is -0.470 e. The Hall–Kier alpha value is -1.89. The summed E-state index contributed by atoms with van der Waals surface area (Å²) in [5.74, 6) is 1.69. The van der Waals surface area contributed by atoms with Gasteiger partial charge < -0.3 is 24.2 Å². The number of ether oxygens (including phenoxy) is 3. The highest BCUT2D eigenvalue weighted by molar-refractivity contribution is 5.80. The lowest BCUT2D eigenvalue weighted by Gasteiger charge is -2.36. The maximum Gasteiger partial charge on any atom is 0.226 e. The number of fused-ring (bicyclic) bond motifs is 1. The third-order valence-electron chi connectivity index (χ3n) is 6.79. The zero-order chi connectivity index (χ0) is 24.4. The third-order valence-corrected chi connectivity index (χ3v) is 6.79. The van der Waals surface area contributed by atoms with Crippen LogP contribution >= 0.6 is 0 Å². The number of carbonyl (C=O) groups excluding carboxylic acids is 1. The molecule has 33 heavy (non-hydrogen) atoms. The summed E-state index contributed by atoms with van der Waals surface area (Å²) in [6.45, 7) is 15.8. The summed E-state index contributed by atoms with van der Waals surface area (Å²) in [4.78, 5) is 14.5. The molecule has 6 heteroatoms. The average molecular weight is 460 g/mol. The number of aliphatic hydroxyl groups excluding tert-OH is 1. The largest absolute Gasteiger partial charge is 0.470 e. The van der Waals surface area contributed by atoms with Crippen LogP contribution in [-0.2, 0) is 19.0 Å². The molecule has 0 aliphatic carbocycles. The third kappa shape index (κ3) is 5.44. The van der Waals surface area contributed by atoms with E-state index >= 15 is 0 Å². The summed E-state index contributed by atoms with van der Waals surface area (Å²) in [5.41, 5.74) is 5.17. The smallest absolute Gasteiger partial charge is 0.226 e. The van der Waals surface area contributed by atoms with Gasteiger partial charge >= 0.3 is 0 Å². The first-order valence-electron chi connectivity index (χ1n) is 12.2. The van der Waals surface area contributed by atoms with Crippen molar-refractivity contribution in [3.63, 3.8) is 0 Å². The SMILES string of the molecule is COCOC1=C[C@H](O)[C@H]2[C@@H](O[C@H](C)c3c(C(C)C)cc(C(C)C)cc3C(C)C)CC(=O)N2C1. The van der Waals surface area contributed by atoms with E-state index < -0.39 is 12.1 Å². The molecular formula is C27H41NO5. The molecule has 0 saturated carbocycles. The van der Waals surface area contributed by atoms with Crippen LogP contribution in [0.15, 0.2) is 24.0 Å². The van der Waals surface area contributed by atoms with Crippen LogP contribution in [0.1, 0.15) is 101 Å². The Balaban J connectivity index is 1.90. The maximum absolute atomic E-state index is 12.8. The lowest BCUT2D eigenvalue weighted by atomic mass is 9.82. The number of rotatable bonds is 9. The molecule has 0 spiro atoms. The highest BCUT2D eigenvalue weighted by Crippen LogP contribution is 2.39. The molecule has 6 nitrogen and oxygen atoms in total. The molecule has 0 radical (unpaired) electrons. The van der Waals surface area contributed by atoms with Crippen molar-refractivity contribution in [2.45, 2.75) is 97.0 Å². The van der Waals surface area contributed by atoms with Crippen LogP contribution in [0.2, 0.25) is 0 Å². The minimum absolute atomic E-state index is 0.0220. The Bertz CT molecular complexity index is 846. The standard InChI is InChI=1S/C27H41NO5/c1-15(2)19-9-21(16(3)4)26(22(10-19)17(5)6)18(7)33-24-12-25(30)28-13-20(32-14-31-8)11-23(29)27(24)28/h9-11,15-18,23-24,27,29H,12-14H2,1-8H3/t18-,23+,24+,27+/m1/s1. The fourth-order valence-electron chi connectivity index (χ4n) is 5.05. The van der Waals surface area contributed by atoms with Gasteiger partial charge in [-0.05, 0) is 53.0 Å². The van der Waals surface area contributed by atoms with E-state index in [1.54, 1.807) is 18.1 Å². The van der Waals surface area contributed by atoms with Crippen molar-refractivity contribution in [3.05, 3.63) is 46.2 Å². The second-order valence-corrected chi connectivity index (χ2v) is 10.3. The molecule has 0 unspecified atom stereocenters. The zero-order valence-corrected chi connectivity index (χ0v) is 21.4.